The van der Waals surface area contributed by atoms with E-state index >= 15 is 0 Å². The minimum Gasteiger partial charge on any atom is -0.0883 e. The third-order valence-electron chi connectivity index (χ3n) is 2.17. The molecule has 0 saturated heterocycles. The van der Waals surface area contributed by atoms with Crippen molar-refractivity contribution in [3.05, 3.63) is 53.6 Å². The summed E-state index contributed by atoms with van der Waals surface area (Å²) in [5.74, 6) is 0.355. The Morgan fingerprint density at radius 2 is 2.23 bits per heavy atom. The van der Waals surface area contributed by atoms with Gasteiger partial charge in [-0.15, -0.1) is 0 Å². The Kier molecular flexibility index (Phi) is 2.65. The van der Waals surface area contributed by atoms with Crippen LogP contribution in [0.5, 0.6) is 0 Å². The summed E-state index contributed by atoms with van der Waals surface area (Å²) in [7, 11) is 0. The smallest absolute Gasteiger partial charge is 0.0279 e. The van der Waals surface area contributed by atoms with Crippen molar-refractivity contribution in [2.75, 3.05) is 5.33 Å². The van der Waals surface area contributed by atoms with Crippen molar-refractivity contribution in [2.45, 2.75) is 5.92 Å². The molecule has 1 atom stereocenters. The van der Waals surface area contributed by atoms with E-state index in [2.05, 4.69) is 64.5 Å². The zero-order valence-electron chi connectivity index (χ0n) is 7.20. The van der Waals surface area contributed by atoms with Gasteiger partial charge < -0.3 is 0 Å². The van der Waals surface area contributed by atoms with Crippen molar-refractivity contribution in [1.29, 1.82) is 0 Å². The molecule has 1 aromatic rings. The van der Waals surface area contributed by atoms with E-state index in [1.807, 2.05) is 0 Å². The number of hydrogen-bond donors (Lipinski definition) is 0. The number of benzene rings is 1. The monoisotopic (exact) mass is 233 g/mol. The Morgan fingerprint density at radius 3 is 3.08 bits per heavy atom. The summed E-state index contributed by atoms with van der Waals surface area (Å²) in [5, 5.41) is 0.910. The van der Waals surface area contributed by atoms with Crippen LogP contribution in [0, 0.1) is 6.08 Å². The molecule has 1 heteroatoms. The van der Waals surface area contributed by atoms with Gasteiger partial charge in [0.25, 0.3) is 0 Å². The first-order chi connectivity index (χ1) is 6.42. The van der Waals surface area contributed by atoms with Crippen LogP contribution in [0.3, 0.4) is 0 Å². The molecule has 0 N–H and O–H groups in total. The Hall–Kier alpha value is -0.820. The molecule has 0 amide bonds. The lowest BCUT2D eigenvalue weighted by atomic mass is 10.0. The van der Waals surface area contributed by atoms with Gasteiger partial charge in [-0.05, 0) is 17.2 Å². The number of alkyl halides is 1. The lowest BCUT2D eigenvalue weighted by Crippen LogP contribution is -1.88. The third kappa shape index (κ3) is 1.75. The molecule has 2 rings (SSSR count). The zero-order valence-corrected chi connectivity index (χ0v) is 8.79. The van der Waals surface area contributed by atoms with Crippen LogP contribution < -0.4 is 0 Å². The number of halogens is 1. The maximum absolute atomic E-state index is 3.37. The van der Waals surface area contributed by atoms with Crippen LogP contribution in [0.2, 0.25) is 0 Å². The highest BCUT2D eigenvalue weighted by Gasteiger charge is 2.13. The molecule has 0 bridgehead atoms. The first-order valence-corrected chi connectivity index (χ1v) is 5.45. The number of fused-ring (bicyclic) bond motifs is 1. The van der Waals surface area contributed by atoms with Crippen molar-refractivity contribution in [3.63, 3.8) is 0 Å². The maximum atomic E-state index is 3.37. The van der Waals surface area contributed by atoms with Crippen molar-refractivity contribution in [1.82, 2.24) is 0 Å². The van der Waals surface area contributed by atoms with Gasteiger partial charge in [0, 0.05) is 11.2 Å². The van der Waals surface area contributed by atoms with Crippen molar-refractivity contribution < 1.29 is 0 Å². The molecule has 0 fully saturated rings. The molecule has 1 aromatic carbocycles. The molecule has 1 aliphatic rings. The molecule has 13 heavy (non-hydrogen) atoms. The number of hydrogen-bond acceptors (Lipinski definition) is 0. The molecule has 65 valence electrons. The second kappa shape index (κ2) is 3.93. The summed E-state index contributed by atoms with van der Waals surface area (Å²) >= 11 is 3.37. The molecule has 1 unspecified atom stereocenters. The zero-order chi connectivity index (χ0) is 9.10. The Bertz CT molecular complexity index is 350. The molecule has 1 radical (unpaired) electrons. The normalized spacial score (nSPS) is 19.6. The second-order valence-corrected chi connectivity index (χ2v) is 3.65. The van der Waals surface area contributed by atoms with Gasteiger partial charge in [-0.2, -0.15) is 0 Å². The first-order valence-electron chi connectivity index (χ1n) is 4.32. The minimum atomic E-state index is 0.355. The van der Waals surface area contributed by atoms with E-state index in [-0.39, 0.29) is 0 Å². The molecule has 0 aromatic heterocycles. The fourth-order valence-electron chi connectivity index (χ4n) is 1.54. The van der Waals surface area contributed by atoms with E-state index in [1.54, 1.807) is 0 Å². The van der Waals surface area contributed by atoms with Gasteiger partial charge in [-0.1, -0.05) is 58.4 Å². The van der Waals surface area contributed by atoms with Gasteiger partial charge in [0.05, 0.1) is 0 Å². The lowest BCUT2D eigenvalue weighted by Gasteiger charge is -2.03. The Labute approximate surface area is 87.1 Å². The fraction of sp³-hybridized carbons (Fsp3) is 0.167. The molecular weight excluding hydrogens is 224 g/mol. The standard InChI is InChI=1S/C12H10Br/c13-9-3-5-11-8-7-10-4-1-2-6-12(10)11/h1-7,11H,9H2. The molecule has 1 aliphatic carbocycles. The molecular formula is C12H10Br. The minimum absolute atomic E-state index is 0.355. The molecule has 0 aliphatic heterocycles. The topological polar surface area (TPSA) is 0 Å². The average Bonchev–Trinajstić information content (AvgIpc) is 2.58. The quantitative estimate of drug-likeness (QED) is 0.542. The van der Waals surface area contributed by atoms with Gasteiger partial charge >= 0.3 is 0 Å². The molecule has 0 spiro atoms. The highest BCUT2D eigenvalue weighted by Crippen LogP contribution is 2.29. The summed E-state index contributed by atoms with van der Waals surface area (Å²) in [6, 6.07) is 8.43. The van der Waals surface area contributed by atoms with Gasteiger partial charge in [0.1, 0.15) is 0 Å². The average molecular weight is 234 g/mol. The molecule has 0 saturated carbocycles. The van der Waals surface area contributed by atoms with Gasteiger partial charge in [-0.3, -0.25) is 0 Å². The van der Waals surface area contributed by atoms with E-state index in [0.717, 1.165) is 5.33 Å². The summed E-state index contributed by atoms with van der Waals surface area (Å²) in [4.78, 5) is 0. The summed E-state index contributed by atoms with van der Waals surface area (Å²) in [6.07, 6.45) is 9.69. The molecule has 0 nitrogen and oxygen atoms in total. The van der Waals surface area contributed by atoms with Crippen molar-refractivity contribution in [2.24, 2.45) is 0 Å². The second-order valence-electron chi connectivity index (χ2n) is 3.00. The summed E-state index contributed by atoms with van der Waals surface area (Å²) < 4.78 is 0. The van der Waals surface area contributed by atoms with E-state index in [9.17, 15) is 0 Å². The van der Waals surface area contributed by atoms with E-state index in [4.69, 9.17) is 0 Å². The van der Waals surface area contributed by atoms with Crippen molar-refractivity contribution >= 4 is 22.0 Å². The third-order valence-corrected chi connectivity index (χ3v) is 2.54. The summed E-state index contributed by atoms with van der Waals surface area (Å²) in [6.45, 7) is 0. The van der Waals surface area contributed by atoms with Gasteiger partial charge in [0.2, 0.25) is 0 Å². The number of allylic oxidation sites excluding steroid dienone is 3. The van der Waals surface area contributed by atoms with Gasteiger partial charge in [-0.25, -0.2) is 0 Å². The van der Waals surface area contributed by atoms with E-state index < -0.39 is 0 Å². The van der Waals surface area contributed by atoms with Crippen LogP contribution >= 0.6 is 15.9 Å². The predicted octanol–water partition coefficient (Wildman–Crippen LogP) is 3.55. The van der Waals surface area contributed by atoms with Crippen LogP contribution in [-0.4, -0.2) is 5.33 Å². The van der Waals surface area contributed by atoms with Crippen LogP contribution in [0.25, 0.3) is 6.08 Å². The van der Waals surface area contributed by atoms with E-state index in [1.165, 1.54) is 11.1 Å². The molecule has 0 heterocycles. The lowest BCUT2D eigenvalue weighted by molar-refractivity contribution is 1.08. The van der Waals surface area contributed by atoms with Crippen molar-refractivity contribution in [3.8, 4) is 0 Å². The van der Waals surface area contributed by atoms with E-state index in [0.29, 0.717) is 5.92 Å². The van der Waals surface area contributed by atoms with Crippen LogP contribution in [-0.2, 0) is 0 Å². The largest absolute Gasteiger partial charge is 0.0883 e. The Morgan fingerprint density at radius 1 is 1.38 bits per heavy atom. The van der Waals surface area contributed by atoms with Crippen LogP contribution in [0.1, 0.15) is 17.0 Å². The highest BCUT2D eigenvalue weighted by molar-refractivity contribution is 9.09. The maximum Gasteiger partial charge on any atom is 0.0279 e. The predicted molar refractivity (Wildman–Crippen MR) is 59.8 cm³/mol. The number of rotatable bonds is 2. The van der Waals surface area contributed by atoms with Crippen LogP contribution in [0.4, 0.5) is 0 Å². The Balaban J connectivity index is 2.28. The fourth-order valence-corrected chi connectivity index (χ4v) is 1.76. The highest BCUT2D eigenvalue weighted by atomic mass is 79.9. The van der Waals surface area contributed by atoms with Gasteiger partial charge in [0.15, 0.2) is 0 Å². The SMILES string of the molecule is BrCC=CC1[C]=Cc2ccccc21. The first kappa shape index (κ1) is 8.76. The van der Waals surface area contributed by atoms with Crippen LogP contribution in [0.15, 0.2) is 36.4 Å². The summed E-state index contributed by atoms with van der Waals surface area (Å²) in [5.41, 5.74) is 2.66.